The van der Waals surface area contributed by atoms with Crippen LogP contribution in [0.1, 0.15) is 38.2 Å². The zero-order valence-corrected chi connectivity index (χ0v) is 10.9. The fraction of sp³-hybridized carbons (Fsp3) is 0.600. The van der Waals surface area contributed by atoms with Crippen LogP contribution in [0.2, 0.25) is 0 Å². The molecule has 1 nitrogen and oxygen atoms in total. The molecule has 0 radical (unpaired) electrons. The van der Waals surface area contributed by atoms with Gasteiger partial charge in [-0.3, -0.25) is 0 Å². The van der Waals surface area contributed by atoms with Gasteiger partial charge >= 0.3 is 0 Å². The van der Waals surface area contributed by atoms with Gasteiger partial charge in [-0.1, -0.05) is 19.4 Å². The summed E-state index contributed by atoms with van der Waals surface area (Å²) in [4.78, 5) is 0. The van der Waals surface area contributed by atoms with Crippen molar-refractivity contribution in [2.45, 2.75) is 45.1 Å². The van der Waals surface area contributed by atoms with Crippen LogP contribution < -0.4 is 5.32 Å². The van der Waals surface area contributed by atoms with Gasteiger partial charge < -0.3 is 5.32 Å². The van der Waals surface area contributed by atoms with E-state index >= 15 is 0 Å². The largest absolute Gasteiger partial charge is 0.314 e. The van der Waals surface area contributed by atoms with Gasteiger partial charge in [-0.05, 0) is 55.8 Å². The number of rotatable bonds is 5. The smallest absolute Gasteiger partial charge is 0.159 e. The predicted octanol–water partition coefficient (Wildman–Crippen LogP) is 3.68. The lowest BCUT2D eigenvalue weighted by atomic mass is 9.94. The number of hydrogen-bond donors (Lipinski definition) is 1. The van der Waals surface area contributed by atoms with Crippen LogP contribution in [0.15, 0.2) is 18.2 Å². The first-order valence-corrected chi connectivity index (χ1v) is 6.88. The molecule has 0 saturated heterocycles. The lowest BCUT2D eigenvalue weighted by Crippen LogP contribution is -2.33. The fourth-order valence-electron chi connectivity index (χ4n) is 2.85. The number of halogens is 2. The van der Waals surface area contributed by atoms with Crippen molar-refractivity contribution in [2.24, 2.45) is 5.92 Å². The SMILES string of the molecule is CCCNC1CCCC1Cc1ccc(F)c(F)c1. The Hall–Kier alpha value is -0.960. The molecule has 0 heterocycles. The second-order valence-corrected chi connectivity index (χ2v) is 5.20. The topological polar surface area (TPSA) is 12.0 Å². The molecule has 1 N–H and O–H groups in total. The molecule has 18 heavy (non-hydrogen) atoms. The lowest BCUT2D eigenvalue weighted by molar-refractivity contribution is 0.398. The van der Waals surface area contributed by atoms with Crippen LogP contribution in [0.4, 0.5) is 8.78 Å². The molecule has 1 aliphatic carbocycles. The Balaban J connectivity index is 1.96. The van der Waals surface area contributed by atoms with E-state index in [1.165, 1.54) is 31.4 Å². The monoisotopic (exact) mass is 253 g/mol. The van der Waals surface area contributed by atoms with Crippen LogP contribution >= 0.6 is 0 Å². The van der Waals surface area contributed by atoms with Crippen molar-refractivity contribution in [3.05, 3.63) is 35.4 Å². The van der Waals surface area contributed by atoms with E-state index in [9.17, 15) is 8.78 Å². The van der Waals surface area contributed by atoms with Gasteiger partial charge in [0, 0.05) is 6.04 Å². The fourth-order valence-corrected chi connectivity index (χ4v) is 2.85. The molecular formula is C15H21F2N. The molecule has 0 bridgehead atoms. The molecular weight excluding hydrogens is 232 g/mol. The number of nitrogens with one attached hydrogen (secondary N) is 1. The van der Waals surface area contributed by atoms with E-state index < -0.39 is 11.6 Å². The summed E-state index contributed by atoms with van der Waals surface area (Å²) in [5.74, 6) is -0.934. The minimum atomic E-state index is -0.758. The van der Waals surface area contributed by atoms with Crippen molar-refractivity contribution in [1.82, 2.24) is 5.32 Å². The molecule has 3 heteroatoms. The summed E-state index contributed by atoms with van der Waals surface area (Å²) in [7, 11) is 0. The van der Waals surface area contributed by atoms with Gasteiger partial charge in [0.15, 0.2) is 11.6 Å². The Morgan fingerprint density at radius 3 is 2.78 bits per heavy atom. The van der Waals surface area contributed by atoms with Crippen LogP contribution in [0, 0.1) is 17.6 Å². The maximum Gasteiger partial charge on any atom is 0.159 e. The summed E-state index contributed by atoms with van der Waals surface area (Å²) in [6, 6.07) is 4.81. The normalized spacial score (nSPS) is 23.5. The molecule has 0 aromatic heterocycles. The molecule has 1 aliphatic rings. The maximum absolute atomic E-state index is 13.2. The zero-order chi connectivity index (χ0) is 13.0. The average molecular weight is 253 g/mol. The molecule has 2 unspecified atom stereocenters. The number of benzene rings is 1. The van der Waals surface area contributed by atoms with Gasteiger partial charge in [-0.15, -0.1) is 0 Å². The second-order valence-electron chi connectivity index (χ2n) is 5.20. The lowest BCUT2D eigenvalue weighted by Gasteiger charge is -2.21. The molecule has 100 valence electrons. The average Bonchev–Trinajstić information content (AvgIpc) is 2.79. The Bertz CT molecular complexity index is 392. The van der Waals surface area contributed by atoms with Crippen molar-refractivity contribution in [3.8, 4) is 0 Å². The summed E-state index contributed by atoms with van der Waals surface area (Å²) in [5.41, 5.74) is 0.907. The van der Waals surface area contributed by atoms with Crippen LogP contribution in [0.25, 0.3) is 0 Å². The third-order valence-electron chi connectivity index (χ3n) is 3.80. The quantitative estimate of drug-likeness (QED) is 0.844. The first-order chi connectivity index (χ1) is 8.70. The molecule has 0 amide bonds. The van der Waals surface area contributed by atoms with Crippen molar-refractivity contribution in [1.29, 1.82) is 0 Å². The summed E-state index contributed by atoms with van der Waals surface area (Å²) in [6.07, 6.45) is 5.59. The molecule has 1 fully saturated rings. The third-order valence-corrected chi connectivity index (χ3v) is 3.80. The summed E-state index contributed by atoms with van der Waals surface area (Å²) < 4.78 is 26.0. The maximum atomic E-state index is 13.2. The molecule has 0 aliphatic heterocycles. The molecule has 1 aromatic rings. The van der Waals surface area contributed by atoms with Gasteiger partial charge in [0.05, 0.1) is 0 Å². The zero-order valence-electron chi connectivity index (χ0n) is 10.9. The van der Waals surface area contributed by atoms with Crippen LogP contribution in [0.5, 0.6) is 0 Å². The first kappa shape index (κ1) is 13.5. The van der Waals surface area contributed by atoms with Crippen molar-refractivity contribution in [2.75, 3.05) is 6.54 Å². The summed E-state index contributed by atoms with van der Waals surface area (Å²) in [6.45, 7) is 3.20. The van der Waals surface area contributed by atoms with Crippen LogP contribution in [-0.4, -0.2) is 12.6 Å². The van der Waals surface area contributed by atoms with Crippen LogP contribution in [0.3, 0.4) is 0 Å². The molecule has 1 aromatic carbocycles. The van der Waals surface area contributed by atoms with E-state index in [0.717, 1.165) is 24.9 Å². The van der Waals surface area contributed by atoms with E-state index in [4.69, 9.17) is 0 Å². The van der Waals surface area contributed by atoms with Crippen molar-refractivity contribution >= 4 is 0 Å². The highest BCUT2D eigenvalue weighted by Crippen LogP contribution is 2.29. The van der Waals surface area contributed by atoms with E-state index in [1.54, 1.807) is 6.07 Å². The van der Waals surface area contributed by atoms with E-state index in [1.807, 2.05) is 0 Å². The minimum Gasteiger partial charge on any atom is -0.314 e. The molecule has 0 spiro atoms. The Kier molecular flexibility index (Phi) is 4.70. The molecule has 2 atom stereocenters. The van der Waals surface area contributed by atoms with Gasteiger partial charge in [0.2, 0.25) is 0 Å². The summed E-state index contributed by atoms with van der Waals surface area (Å²) in [5, 5.41) is 3.56. The number of hydrogen-bond acceptors (Lipinski definition) is 1. The first-order valence-electron chi connectivity index (χ1n) is 6.88. The summed E-state index contributed by atoms with van der Waals surface area (Å²) >= 11 is 0. The van der Waals surface area contributed by atoms with E-state index in [0.29, 0.717) is 12.0 Å². The minimum absolute atomic E-state index is 0.540. The van der Waals surface area contributed by atoms with Crippen molar-refractivity contribution < 1.29 is 8.78 Å². The van der Waals surface area contributed by atoms with E-state index in [-0.39, 0.29) is 0 Å². The second kappa shape index (κ2) is 6.28. The third kappa shape index (κ3) is 3.29. The standard InChI is InChI=1S/C15H21F2N/c1-2-8-18-15-5-3-4-12(15)9-11-6-7-13(16)14(17)10-11/h6-7,10,12,15,18H,2-5,8-9H2,1H3. The van der Waals surface area contributed by atoms with E-state index in [2.05, 4.69) is 12.2 Å². The highest BCUT2D eigenvalue weighted by atomic mass is 19.2. The highest BCUT2D eigenvalue weighted by molar-refractivity contribution is 5.19. The van der Waals surface area contributed by atoms with Gasteiger partial charge in [0.25, 0.3) is 0 Å². The predicted molar refractivity (Wildman–Crippen MR) is 69.5 cm³/mol. The Morgan fingerprint density at radius 1 is 1.22 bits per heavy atom. The molecule has 2 rings (SSSR count). The van der Waals surface area contributed by atoms with Gasteiger partial charge in [0.1, 0.15) is 0 Å². The highest BCUT2D eigenvalue weighted by Gasteiger charge is 2.26. The van der Waals surface area contributed by atoms with Gasteiger partial charge in [-0.25, -0.2) is 8.78 Å². The Morgan fingerprint density at radius 2 is 2.06 bits per heavy atom. The van der Waals surface area contributed by atoms with Crippen molar-refractivity contribution in [3.63, 3.8) is 0 Å². The molecule has 1 saturated carbocycles. The van der Waals surface area contributed by atoms with Gasteiger partial charge in [-0.2, -0.15) is 0 Å². The van der Waals surface area contributed by atoms with Crippen LogP contribution in [-0.2, 0) is 6.42 Å². The Labute approximate surface area is 108 Å².